The van der Waals surface area contributed by atoms with Gasteiger partial charge >= 0.3 is 0 Å². The fourth-order valence-electron chi connectivity index (χ4n) is 1.67. The first-order chi connectivity index (χ1) is 9.22. The van der Waals surface area contributed by atoms with Crippen molar-refractivity contribution in [2.24, 2.45) is 0 Å². The summed E-state index contributed by atoms with van der Waals surface area (Å²) in [5.74, 6) is -1.34. The maximum Gasteiger partial charge on any atom is 0.267 e. The SMILES string of the molecule is Cc1noc(C)c1S(=O)(=O)Nc1cc(Cl)c(F)cc1O. The highest BCUT2D eigenvalue weighted by molar-refractivity contribution is 7.92. The molecule has 0 aliphatic rings. The Morgan fingerprint density at radius 3 is 2.60 bits per heavy atom. The van der Waals surface area contributed by atoms with Gasteiger partial charge in [0.2, 0.25) is 0 Å². The zero-order valence-electron chi connectivity index (χ0n) is 10.4. The van der Waals surface area contributed by atoms with E-state index in [1.807, 2.05) is 0 Å². The number of nitrogens with one attached hydrogen (secondary N) is 1. The molecular weight excluding hydrogens is 311 g/mol. The van der Waals surface area contributed by atoms with E-state index in [1.165, 1.54) is 13.8 Å². The Morgan fingerprint density at radius 1 is 1.40 bits per heavy atom. The zero-order chi connectivity index (χ0) is 15.1. The lowest BCUT2D eigenvalue weighted by Crippen LogP contribution is -2.14. The minimum absolute atomic E-state index is 0.0997. The molecule has 0 aliphatic carbocycles. The maximum atomic E-state index is 13.1. The van der Waals surface area contributed by atoms with Crippen LogP contribution in [0.1, 0.15) is 11.5 Å². The summed E-state index contributed by atoms with van der Waals surface area (Å²) in [7, 11) is -4.03. The van der Waals surface area contributed by atoms with Crippen LogP contribution in [0.3, 0.4) is 0 Å². The van der Waals surface area contributed by atoms with Crippen LogP contribution in [0.4, 0.5) is 10.1 Å². The molecule has 1 aromatic heterocycles. The number of aromatic hydroxyl groups is 1. The smallest absolute Gasteiger partial charge is 0.267 e. The van der Waals surface area contributed by atoms with Crippen LogP contribution in [-0.2, 0) is 10.0 Å². The fourth-order valence-corrected chi connectivity index (χ4v) is 3.23. The molecule has 2 rings (SSSR count). The van der Waals surface area contributed by atoms with Gasteiger partial charge in [-0.25, -0.2) is 12.8 Å². The molecule has 1 aromatic carbocycles. The summed E-state index contributed by atoms with van der Waals surface area (Å²) in [5.41, 5.74) is -0.0703. The summed E-state index contributed by atoms with van der Waals surface area (Å²) >= 11 is 5.55. The first kappa shape index (κ1) is 14.6. The second kappa shape index (κ2) is 4.95. The van der Waals surface area contributed by atoms with Gasteiger partial charge < -0.3 is 9.63 Å². The van der Waals surface area contributed by atoms with Crippen molar-refractivity contribution in [2.75, 3.05) is 4.72 Å². The Kier molecular flexibility index (Phi) is 3.61. The van der Waals surface area contributed by atoms with Crippen molar-refractivity contribution >= 4 is 27.3 Å². The number of rotatable bonds is 3. The van der Waals surface area contributed by atoms with Crippen molar-refractivity contribution in [3.8, 4) is 5.75 Å². The number of phenols is 1. The van der Waals surface area contributed by atoms with Gasteiger partial charge in [0.05, 0.1) is 10.7 Å². The minimum Gasteiger partial charge on any atom is -0.506 e. The Labute approximate surface area is 119 Å². The Bertz CT molecular complexity index is 753. The van der Waals surface area contributed by atoms with E-state index in [4.69, 9.17) is 16.1 Å². The molecule has 0 bridgehead atoms. The van der Waals surface area contributed by atoms with E-state index in [1.54, 1.807) is 0 Å². The number of aromatic nitrogens is 1. The number of halogens is 2. The molecule has 0 amide bonds. The van der Waals surface area contributed by atoms with Crippen molar-refractivity contribution < 1.29 is 22.4 Å². The highest BCUT2D eigenvalue weighted by atomic mass is 35.5. The van der Waals surface area contributed by atoms with E-state index in [0.29, 0.717) is 6.07 Å². The number of benzene rings is 1. The van der Waals surface area contributed by atoms with Crippen LogP contribution in [0.15, 0.2) is 21.6 Å². The molecule has 0 saturated heterocycles. The first-order valence-corrected chi connectivity index (χ1v) is 7.22. The predicted molar refractivity (Wildman–Crippen MR) is 69.9 cm³/mol. The van der Waals surface area contributed by atoms with Crippen LogP contribution < -0.4 is 4.72 Å². The molecule has 108 valence electrons. The minimum atomic E-state index is -4.03. The lowest BCUT2D eigenvalue weighted by Gasteiger charge is -2.10. The Morgan fingerprint density at radius 2 is 2.05 bits per heavy atom. The average molecular weight is 321 g/mol. The lowest BCUT2D eigenvalue weighted by molar-refractivity contribution is 0.390. The summed E-state index contributed by atoms with van der Waals surface area (Å²) in [4.78, 5) is -0.141. The van der Waals surface area contributed by atoms with Crippen LogP contribution in [0.25, 0.3) is 0 Å². The van der Waals surface area contributed by atoms with E-state index in [-0.39, 0.29) is 27.1 Å². The maximum absolute atomic E-state index is 13.1. The molecule has 2 N–H and O–H groups in total. The van der Waals surface area contributed by atoms with Gasteiger partial charge in [0.15, 0.2) is 10.7 Å². The highest BCUT2D eigenvalue weighted by Gasteiger charge is 2.25. The summed E-state index contributed by atoms with van der Waals surface area (Å²) in [6.45, 7) is 2.90. The van der Waals surface area contributed by atoms with Crippen molar-refractivity contribution in [3.05, 3.63) is 34.4 Å². The third-order valence-corrected chi connectivity index (χ3v) is 4.42. The van der Waals surface area contributed by atoms with E-state index in [0.717, 1.165) is 6.07 Å². The highest BCUT2D eigenvalue weighted by Crippen LogP contribution is 2.32. The molecule has 2 aromatic rings. The van der Waals surface area contributed by atoms with E-state index >= 15 is 0 Å². The summed E-state index contributed by atoms with van der Waals surface area (Å²) < 4.78 is 44.4. The summed E-state index contributed by atoms with van der Waals surface area (Å²) in [5, 5.41) is 12.8. The van der Waals surface area contributed by atoms with Crippen molar-refractivity contribution in [3.63, 3.8) is 0 Å². The van der Waals surface area contributed by atoms with Gasteiger partial charge in [-0.2, -0.15) is 0 Å². The summed E-state index contributed by atoms with van der Waals surface area (Å²) in [6, 6.07) is 1.69. The number of hydrogen-bond acceptors (Lipinski definition) is 5. The molecule has 1 heterocycles. The number of phenolic OH excluding ortho intramolecular Hbond substituents is 1. The molecule has 0 radical (unpaired) electrons. The largest absolute Gasteiger partial charge is 0.506 e. The Hall–Kier alpha value is -1.80. The molecule has 0 atom stereocenters. The normalized spacial score (nSPS) is 11.6. The number of aryl methyl sites for hydroxylation is 2. The van der Waals surface area contributed by atoms with Crippen LogP contribution in [-0.4, -0.2) is 18.7 Å². The average Bonchev–Trinajstić information content (AvgIpc) is 2.66. The third kappa shape index (κ3) is 2.56. The van der Waals surface area contributed by atoms with Crippen molar-refractivity contribution in [1.82, 2.24) is 5.16 Å². The molecule has 6 nitrogen and oxygen atoms in total. The topological polar surface area (TPSA) is 92.4 Å². The Balaban J connectivity index is 2.47. The van der Waals surface area contributed by atoms with Gasteiger partial charge in [0.25, 0.3) is 10.0 Å². The van der Waals surface area contributed by atoms with Gasteiger partial charge in [0, 0.05) is 6.07 Å². The van der Waals surface area contributed by atoms with Crippen molar-refractivity contribution in [1.29, 1.82) is 0 Å². The number of hydrogen-bond donors (Lipinski definition) is 2. The molecule has 20 heavy (non-hydrogen) atoms. The molecule has 0 spiro atoms. The predicted octanol–water partition coefficient (Wildman–Crippen LogP) is 2.59. The van der Waals surface area contributed by atoms with Gasteiger partial charge in [0.1, 0.15) is 17.3 Å². The quantitative estimate of drug-likeness (QED) is 0.848. The van der Waals surface area contributed by atoms with Crippen LogP contribution in [0.2, 0.25) is 5.02 Å². The van der Waals surface area contributed by atoms with Gasteiger partial charge in [-0.3, -0.25) is 4.72 Å². The van der Waals surface area contributed by atoms with Gasteiger partial charge in [-0.05, 0) is 19.9 Å². The van der Waals surface area contributed by atoms with Crippen LogP contribution >= 0.6 is 11.6 Å². The third-order valence-electron chi connectivity index (χ3n) is 2.52. The van der Waals surface area contributed by atoms with Crippen LogP contribution in [0, 0.1) is 19.7 Å². The molecule has 0 aliphatic heterocycles. The zero-order valence-corrected chi connectivity index (χ0v) is 12.0. The van der Waals surface area contributed by atoms with E-state index < -0.39 is 21.6 Å². The molecule has 0 unspecified atom stereocenters. The molecule has 0 saturated carbocycles. The number of sulfonamides is 1. The van der Waals surface area contributed by atoms with Crippen LogP contribution in [0.5, 0.6) is 5.75 Å². The monoisotopic (exact) mass is 320 g/mol. The van der Waals surface area contributed by atoms with E-state index in [9.17, 15) is 17.9 Å². The fraction of sp³-hybridized carbons (Fsp3) is 0.182. The molecule has 9 heteroatoms. The number of anilines is 1. The first-order valence-electron chi connectivity index (χ1n) is 5.36. The van der Waals surface area contributed by atoms with E-state index in [2.05, 4.69) is 9.88 Å². The summed E-state index contributed by atoms with van der Waals surface area (Å²) in [6.07, 6.45) is 0. The molecular formula is C11H10ClFN2O4S. The van der Waals surface area contributed by atoms with Gasteiger partial charge in [-0.1, -0.05) is 16.8 Å². The number of nitrogens with zero attached hydrogens (tertiary/aromatic N) is 1. The molecule has 0 fully saturated rings. The second-order valence-electron chi connectivity index (χ2n) is 4.04. The second-order valence-corrected chi connectivity index (χ2v) is 6.07. The standard InChI is InChI=1S/C11H10ClFN2O4S/c1-5-11(6(2)19-14-5)20(17,18)15-9-3-7(12)8(13)4-10(9)16/h3-4,15-16H,1-2H3. The lowest BCUT2D eigenvalue weighted by atomic mass is 10.3. The van der Waals surface area contributed by atoms with Gasteiger partial charge in [-0.15, -0.1) is 0 Å². The van der Waals surface area contributed by atoms with Crippen molar-refractivity contribution in [2.45, 2.75) is 18.7 Å².